The van der Waals surface area contributed by atoms with E-state index in [0.29, 0.717) is 25.2 Å². The molecule has 0 aliphatic carbocycles. The van der Waals surface area contributed by atoms with Gasteiger partial charge in [-0.25, -0.2) is 0 Å². The summed E-state index contributed by atoms with van der Waals surface area (Å²) in [6, 6.07) is 6.65. The molecule has 28 heavy (non-hydrogen) atoms. The molecule has 1 atom stereocenters. The maximum atomic E-state index is 12.3. The van der Waals surface area contributed by atoms with E-state index in [1.807, 2.05) is 11.2 Å². The minimum absolute atomic E-state index is 0. The van der Waals surface area contributed by atoms with Gasteiger partial charge in [0.1, 0.15) is 5.75 Å². The average Bonchev–Trinajstić information content (AvgIpc) is 2.72. The fraction of sp³-hybridized carbons (Fsp3) is 0.579. The molecule has 1 saturated heterocycles. The predicted octanol–water partition coefficient (Wildman–Crippen LogP) is 1.07. The number of carbonyl (C=O) groups excluding carboxylic acids is 2. The van der Waals surface area contributed by atoms with Crippen molar-refractivity contribution in [1.82, 2.24) is 15.1 Å². The SMILES string of the molecule is COc1ccc(C(=O)NCCN2CCN(C(=O)[C@@H](N)CCSC)CC2)cc1.Cl. The molecule has 0 aromatic heterocycles. The van der Waals surface area contributed by atoms with Gasteiger partial charge in [0.25, 0.3) is 5.91 Å². The van der Waals surface area contributed by atoms with Crippen LogP contribution in [0.2, 0.25) is 0 Å². The molecule has 2 rings (SSSR count). The Hall–Kier alpha value is -1.48. The molecule has 0 radical (unpaired) electrons. The van der Waals surface area contributed by atoms with E-state index in [0.717, 1.165) is 37.6 Å². The van der Waals surface area contributed by atoms with E-state index in [9.17, 15) is 9.59 Å². The molecule has 1 aliphatic heterocycles. The third-order valence-electron chi connectivity index (χ3n) is 4.70. The Bertz CT molecular complexity index is 610. The number of piperazine rings is 1. The largest absolute Gasteiger partial charge is 0.497 e. The standard InChI is InChI=1S/C19H30N4O3S.ClH/c1-26-16-5-3-15(4-6-16)18(24)21-8-9-22-10-12-23(13-11-22)19(25)17(20)7-14-27-2;/h3-6,17H,7-14,20H2,1-2H3,(H,21,24);1H/t17-;/m0./s1. The monoisotopic (exact) mass is 430 g/mol. The van der Waals surface area contributed by atoms with Crippen LogP contribution in [0.4, 0.5) is 0 Å². The first-order valence-electron chi connectivity index (χ1n) is 9.23. The van der Waals surface area contributed by atoms with Crippen molar-refractivity contribution in [2.45, 2.75) is 12.5 Å². The normalized spacial score (nSPS) is 15.5. The Kier molecular flexibility index (Phi) is 11.3. The van der Waals surface area contributed by atoms with Gasteiger partial charge in [0, 0.05) is 44.8 Å². The molecule has 9 heteroatoms. The quantitative estimate of drug-likeness (QED) is 0.609. The van der Waals surface area contributed by atoms with Crippen molar-refractivity contribution in [2.24, 2.45) is 5.73 Å². The van der Waals surface area contributed by atoms with Crippen LogP contribution in [0.3, 0.4) is 0 Å². The lowest BCUT2D eigenvalue weighted by molar-refractivity contribution is -0.134. The zero-order valence-corrected chi connectivity index (χ0v) is 18.2. The highest BCUT2D eigenvalue weighted by molar-refractivity contribution is 7.98. The average molecular weight is 431 g/mol. The number of methoxy groups -OCH3 is 1. The zero-order chi connectivity index (χ0) is 19.6. The molecule has 1 heterocycles. The molecule has 1 aromatic rings. The second kappa shape index (κ2) is 12.9. The molecule has 1 fully saturated rings. The minimum atomic E-state index is -0.396. The molecule has 2 amide bonds. The number of halogens is 1. The summed E-state index contributed by atoms with van der Waals surface area (Å²) in [6.45, 7) is 4.34. The maximum Gasteiger partial charge on any atom is 0.251 e. The summed E-state index contributed by atoms with van der Waals surface area (Å²) in [5.41, 5.74) is 6.60. The summed E-state index contributed by atoms with van der Waals surface area (Å²) in [4.78, 5) is 28.6. The fourth-order valence-corrected chi connectivity index (χ4v) is 3.46. The van der Waals surface area contributed by atoms with Crippen LogP contribution in [0.25, 0.3) is 0 Å². The van der Waals surface area contributed by atoms with Crippen LogP contribution in [0.15, 0.2) is 24.3 Å². The highest BCUT2D eigenvalue weighted by Gasteiger charge is 2.24. The summed E-state index contributed by atoms with van der Waals surface area (Å²) in [6.07, 6.45) is 2.74. The second-order valence-electron chi connectivity index (χ2n) is 6.54. The van der Waals surface area contributed by atoms with Crippen LogP contribution in [0.5, 0.6) is 5.75 Å². The number of nitrogens with one attached hydrogen (secondary N) is 1. The van der Waals surface area contributed by atoms with Crippen molar-refractivity contribution in [3.05, 3.63) is 29.8 Å². The van der Waals surface area contributed by atoms with Gasteiger partial charge in [-0.3, -0.25) is 14.5 Å². The van der Waals surface area contributed by atoms with Gasteiger partial charge >= 0.3 is 0 Å². The summed E-state index contributed by atoms with van der Waals surface area (Å²) in [5.74, 6) is 1.59. The number of thioether (sulfide) groups is 1. The molecule has 1 aliphatic rings. The Morgan fingerprint density at radius 3 is 2.43 bits per heavy atom. The molecule has 158 valence electrons. The van der Waals surface area contributed by atoms with E-state index in [2.05, 4.69) is 10.2 Å². The van der Waals surface area contributed by atoms with Crippen molar-refractivity contribution in [2.75, 3.05) is 58.4 Å². The van der Waals surface area contributed by atoms with Gasteiger partial charge in [0.15, 0.2) is 0 Å². The van der Waals surface area contributed by atoms with Crippen molar-refractivity contribution in [3.8, 4) is 5.75 Å². The molecule has 0 saturated carbocycles. The van der Waals surface area contributed by atoms with Crippen LogP contribution in [0, 0.1) is 0 Å². The number of hydrogen-bond donors (Lipinski definition) is 2. The van der Waals surface area contributed by atoms with Gasteiger partial charge in [-0.15, -0.1) is 12.4 Å². The number of ether oxygens (including phenoxy) is 1. The number of nitrogens with zero attached hydrogens (tertiary/aromatic N) is 2. The highest BCUT2D eigenvalue weighted by atomic mass is 35.5. The zero-order valence-electron chi connectivity index (χ0n) is 16.6. The topological polar surface area (TPSA) is 87.9 Å². The molecular weight excluding hydrogens is 400 g/mol. The number of nitrogens with two attached hydrogens (primary N) is 1. The van der Waals surface area contributed by atoms with Crippen LogP contribution >= 0.6 is 24.2 Å². The second-order valence-corrected chi connectivity index (χ2v) is 7.52. The van der Waals surface area contributed by atoms with Crippen molar-refractivity contribution in [1.29, 1.82) is 0 Å². The van der Waals surface area contributed by atoms with Crippen LogP contribution in [-0.4, -0.2) is 86.0 Å². The van der Waals surface area contributed by atoms with Crippen molar-refractivity contribution in [3.63, 3.8) is 0 Å². The Morgan fingerprint density at radius 1 is 1.21 bits per heavy atom. The number of rotatable bonds is 9. The lowest BCUT2D eigenvalue weighted by Gasteiger charge is -2.35. The molecular formula is C19H31ClN4O3S. The molecule has 0 bridgehead atoms. The van der Waals surface area contributed by atoms with E-state index in [1.165, 1.54) is 0 Å². The third-order valence-corrected chi connectivity index (χ3v) is 5.34. The smallest absolute Gasteiger partial charge is 0.251 e. The summed E-state index contributed by atoms with van der Waals surface area (Å²) >= 11 is 1.71. The first kappa shape index (κ1) is 24.6. The van der Waals surface area contributed by atoms with Gasteiger partial charge in [-0.2, -0.15) is 11.8 Å². The summed E-state index contributed by atoms with van der Waals surface area (Å²) in [7, 11) is 1.60. The van der Waals surface area contributed by atoms with E-state index in [-0.39, 0.29) is 24.2 Å². The van der Waals surface area contributed by atoms with E-state index in [1.54, 1.807) is 43.1 Å². The first-order chi connectivity index (χ1) is 13.0. The molecule has 0 unspecified atom stereocenters. The van der Waals surface area contributed by atoms with Crippen molar-refractivity contribution < 1.29 is 14.3 Å². The van der Waals surface area contributed by atoms with E-state index in [4.69, 9.17) is 10.5 Å². The van der Waals surface area contributed by atoms with Gasteiger partial charge in [0.05, 0.1) is 13.2 Å². The lowest BCUT2D eigenvalue weighted by atomic mass is 10.2. The Labute approximate surface area is 177 Å². The third kappa shape index (κ3) is 7.50. The summed E-state index contributed by atoms with van der Waals surface area (Å²) < 4.78 is 5.09. The van der Waals surface area contributed by atoms with Gasteiger partial charge in [-0.05, 0) is 42.7 Å². The van der Waals surface area contributed by atoms with E-state index < -0.39 is 6.04 Å². The Balaban J connectivity index is 0.00000392. The van der Waals surface area contributed by atoms with Gasteiger partial charge in [0.2, 0.25) is 5.91 Å². The van der Waals surface area contributed by atoms with E-state index >= 15 is 0 Å². The summed E-state index contributed by atoms with van der Waals surface area (Å²) in [5, 5.41) is 2.93. The van der Waals surface area contributed by atoms with Gasteiger partial charge < -0.3 is 20.7 Å². The van der Waals surface area contributed by atoms with Gasteiger partial charge in [-0.1, -0.05) is 0 Å². The lowest BCUT2D eigenvalue weighted by Crippen LogP contribution is -2.54. The Morgan fingerprint density at radius 2 is 1.86 bits per heavy atom. The van der Waals surface area contributed by atoms with Crippen molar-refractivity contribution >= 4 is 36.0 Å². The molecule has 0 spiro atoms. The number of amides is 2. The van der Waals surface area contributed by atoms with Crippen LogP contribution < -0.4 is 15.8 Å². The highest BCUT2D eigenvalue weighted by Crippen LogP contribution is 2.11. The van der Waals surface area contributed by atoms with Crippen LogP contribution in [0.1, 0.15) is 16.8 Å². The number of carbonyl (C=O) groups is 2. The number of benzene rings is 1. The first-order valence-corrected chi connectivity index (χ1v) is 10.6. The van der Waals surface area contributed by atoms with Crippen LogP contribution in [-0.2, 0) is 4.79 Å². The molecule has 1 aromatic carbocycles. The molecule has 7 nitrogen and oxygen atoms in total. The predicted molar refractivity (Wildman–Crippen MR) is 117 cm³/mol. The fourth-order valence-electron chi connectivity index (χ4n) is 2.97. The maximum absolute atomic E-state index is 12.3. The number of hydrogen-bond acceptors (Lipinski definition) is 6. The molecule has 3 N–H and O–H groups in total. The minimum Gasteiger partial charge on any atom is -0.497 e.